The zero-order chi connectivity index (χ0) is 8.97. The van der Waals surface area contributed by atoms with Gasteiger partial charge >= 0.3 is 0 Å². The van der Waals surface area contributed by atoms with Crippen molar-refractivity contribution in [1.82, 2.24) is 0 Å². The lowest BCUT2D eigenvalue weighted by Gasteiger charge is -1.94. The molecule has 0 radical (unpaired) electrons. The van der Waals surface area contributed by atoms with Gasteiger partial charge in [0.15, 0.2) is 0 Å². The Hall–Kier alpha value is -1.52. The number of halogens is 1. The van der Waals surface area contributed by atoms with Crippen molar-refractivity contribution in [3.63, 3.8) is 0 Å². The highest BCUT2D eigenvalue weighted by Crippen LogP contribution is 2.19. The Kier molecular flexibility index (Phi) is 2.68. The number of thioether (sulfide) groups is 1. The molecule has 0 atom stereocenters. The SMILES string of the molecule is N#CSc1ccc(F)c(C#N)c1. The van der Waals surface area contributed by atoms with Crippen LogP contribution in [0.2, 0.25) is 0 Å². The quantitative estimate of drug-likeness (QED) is 0.489. The maximum atomic E-state index is 12.7. The van der Waals surface area contributed by atoms with E-state index in [4.69, 9.17) is 10.5 Å². The lowest BCUT2D eigenvalue weighted by atomic mass is 10.2. The molecule has 2 nitrogen and oxygen atoms in total. The number of thiocyanates is 1. The maximum absolute atomic E-state index is 12.7. The topological polar surface area (TPSA) is 47.6 Å². The fourth-order valence-electron chi connectivity index (χ4n) is 0.706. The molecule has 58 valence electrons. The van der Waals surface area contributed by atoms with Gasteiger partial charge in [-0.25, -0.2) is 4.39 Å². The Bertz CT molecular complexity index is 376. The Morgan fingerprint density at radius 2 is 2.08 bits per heavy atom. The van der Waals surface area contributed by atoms with Gasteiger partial charge in [0, 0.05) is 4.90 Å². The molecule has 0 saturated heterocycles. The van der Waals surface area contributed by atoms with Crippen LogP contribution >= 0.6 is 11.8 Å². The summed E-state index contributed by atoms with van der Waals surface area (Å²) in [5.41, 5.74) is -0.0322. The number of nitrogens with zero attached hydrogens (tertiary/aromatic N) is 2. The highest BCUT2D eigenvalue weighted by Gasteiger charge is 2.01. The first-order valence-electron chi connectivity index (χ1n) is 3.03. The standard InChI is InChI=1S/C8H3FN2S/c9-8-2-1-7(12-5-11)3-6(8)4-10/h1-3H. The molecule has 4 heteroatoms. The van der Waals surface area contributed by atoms with E-state index in [1.165, 1.54) is 18.2 Å². The van der Waals surface area contributed by atoms with E-state index in [1.807, 2.05) is 5.40 Å². The molecule has 1 aromatic carbocycles. The molecular weight excluding hydrogens is 175 g/mol. The fourth-order valence-corrected chi connectivity index (χ4v) is 1.12. The minimum atomic E-state index is -0.556. The number of nitriles is 2. The normalized spacial score (nSPS) is 8.58. The van der Waals surface area contributed by atoms with Gasteiger partial charge in [-0.15, -0.1) is 0 Å². The molecule has 0 heterocycles. The van der Waals surface area contributed by atoms with E-state index in [9.17, 15) is 4.39 Å². The first-order chi connectivity index (χ1) is 5.77. The summed E-state index contributed by atoms with van der Waals surface area (Å²) in [5.74, 6) is -0.556. The largest absolute Gasteiger partial charge is 0.206 e. The average molecular weight is 178 g/mol. The predicted molar refractivity (Wildman–Crippen MR) is 42.6 cm³/mol. The lowest BCUT2D eigenvalue weighted by Crippen LogP contribution is -1.82. The molecule has 0 amide bonds. The Balaban J connectivity index is 3.09. The Morgan fingerprint density at radius 3 is 2.67 bits per heavy atom. The molecule has 12 heavy (non-hydrogen) atoms. The van der Waals surface area contributed by atoms with Gasteiger partial charge in [0.1, 0.15) is 17.3 Å². The average Bonchev–Trinajstić information content (AvgIpc) is 2.09. The van der Waals surface area contributed by atoms with Crippen molar-refractivity contribution >= 4 is 11.8 Å². The second-order valence-corrected chi connectivity index (χ2v) is 2.80. The Labute approximate surface area is 73.2 Å². The van der Waals surface area contributed by atoms with Gasteiger partial charge in [-0.2, -0.15) is 10.5 Å². The van der Waals surface area contributed by atoms with Crippen molar-refractivity contribution in [1.29, 1.82) is 10.5 Å². The Morgan fingerprint density at radius 1 is 1.33 bits per heavy atom. The molecule has 0 spiro atoms. The molecule has 0 fully saturated rings. The summed E-state index contributed by atoms with van der Waals surface area (Å²) in [6.07, 6.45) is 0. The molecule has 0 bridgehead atoms. The van der Waals surface area contributed by atoms with E-state index in [2.05, 4.69) is 0 Å². The fraction of sp³-hybridized carbons (Fsp3) is 0. The summed E-state index contributed by atoms with van der Waals surface area (Å²) in [7, 11) is 0. The van der Waals surface area contributed by atoms with Gasteiger partial charge in [0.25, 0.3) is 0 Å². The minimum absolute atomic E-state index is 0.0322. The van der Waals surface area contributed by atoms with E-state index in [0.717, 1.165) is 11.8 Å². The maximum Gasteiger partial charge on any atom is 0.141 e. The highest BCUT2D eigenvalue weighted by molar-refractivity contribution is 8.03. The van der Waals surface area contributed by atoms with Crippen molar-refractivity contribution in [3.05, 3.63) is 29.6 Å². The van der Waals surface area contributed by atoms with Crippen LogP contribution in [0.5, 0.6) is 0 Å². The van der Waals surface area contributed by atoms with E-state index >= 15 is 0 Å². The summed E-state index contributed by atoms with van der Waals surface area (Å²) >= 11 is 0.901. The van der Waals surface area contributed by atoms with Gasteiger partial charge < -0.3 is 0 Å². The minimum Gasteiger partial charge on any atom is -0.206 e. The van der Waals surface area contributed by atoms with Crippen LogP contribution in [0.3, 0.4) is 0 Å². The van der Waals surface area contributed by atoms with Crippen molar-refractivity contribution < 1.29 is 4.39 Å². The van der Waals surface area contributed by atoms with Gasteiger partial charge in [0.2, 0.25) is 0 Å². The van der Waals surface area contributed by atoms with Crippen molar-refractivity contribution in [2.45, 2.75) is 4.90 Å². The number of hydrogen-bond acceptors (Lipinski definition) is 3. The molecule has 1 rings (SSSR count). The molecule has 0 unspecified atom stereocenters. The van der Waals surface area contributed by atoms with E-state index in [0.29, 0.717) is 4.90 Å². The van der Waals surface area contributed by atoms with Gasteiger partial charge in [-0.3, -0.25) is 0 Å². The van der Waals surface area contributed by atoms with Crippen molar-refractivity contribution in [3.8, 4) is 11.5 Å². The third-order valence-electron chi connectivity index (χ3n) is 1.22. The second-order valence-electron chi connectivity index (χ2n) is 1.95. The third-order valence-corrected chi connectivity index (χ3v) is 1.80. The molecule has 0 saturated carbocycles. The van der Waals surface area contributed by atoms with E-state index in [1.54, 1.807) is 6.07 Å². The summed E-state index contributed by atoms with van der Waals surface area (Å²) in [6.45, 7) is 0. The number of rotatable bonds is 1. The summed E-state index contributed by atoms with van der Waals surface area (Å²) in [4.78, 5) is 0.579. The number of benzene rings is 1. The van der Waals surface area contributed by atoms with Crippen molar-refractivity contribution in [2.24, 2.45) is 0 Å². The van der Waals surface area contributed by atoms with Crippen LogP contribution < -0.4 is 0 Å². The van der Waals surface area contributed by atoms with Crippen LogP contribution in [-0.4, -0.2) is 0 Å². The van der Waals surface area contributed by atoms with Crippen LogP contribution in [0.4, 0.5) is 4.39 Å². The van der Waals surface area contributed by atoms with Gasteiger partial charge in [-0.05, 0) is 30.0 Å². The molecule has 0 aliphatic rings. The van der Waals surface area contributed by atoms with Crippen molar-refractivity contribution in [2.75, 3.05) is 0 Å². The third kappa shape index (κ3) is 1.75. The lowest BCUT2D eigenvalue weighted by molar-refractivity contribution is 0.622. The van der Waals surface area contributed by atoms with Crippen LogP contribution in [0.1, 0.15) is 5.56 Å². The first kappa shape index (κ1) is 8.58. The summed E-state index contributed by atoms with van der Waals surface area (Å²) in [5, 5.41) is 18.6. The molecule has 1 aromatic rings. The molecular formula is C8H3FN2S. The van der Waals surface area contributed by atoms with Gasteiger partial charge in [-0.1, -0.05) is 0 Å². The van der Waals surface area contributed by atoms with Crippen LogP contribution in [0, 0.1) is 27.8 Å². The van der Waals surface area contributed by atoms with Gasteiger partial charge in [0.05, 0.1) is 5.56 Å². The summed E-state index contributed by atoms with van der Waals surface area (Å²) < 4.78 is 12.7. The monoisotopic (exact) mass is 178 g/mol. The van der Waals surface area contributed by atoms with Crippen LogP contribution in [0.15, 0.2) is 23.1 Å². The molecule has 0 aliphatic heterocycles. The van der Waals surface area contributed by atoms with Crippen LogP contribution in [-0.2, 0) is 0 Å². The molecule has 0 aromatic heterocycles. The zero-order valence-electron chi connectivity index (χ0n) is 5.91. The second kappa shape index (κ2) is 3.75. The molecule has 0 aliphatic carbocycles. The van der Waals surface area contributed by atoms with Crippen LogP contribution in [0.25, 0.3) is 0 Å². The highest BCUT2D eigenvalue weighted by atomic mass is 32.2. The zero-order valence-corrected chi connectivity index (χ0v) is 6.73. The smallest absolute Gasteiger partial charge is 0.141 e. The summed E-state index contributed by atoms with van der Waals surface area (Å²) in [6, 6.07) is 5.69. The molecule has 0 N–H and O–H groups in total. The first-order valence-corrected chi connectivity index (χ1v) is 3.85. The van der Waals surface area contributed by atoms with E-state index < -0.39 is 5.82 Å². The number of hydrogen-bond donors (Lipinski definition) is 0. The predicted octanol–water partition coefficient (Wildman–Crippen LogP) is 2.27. The van der Waals surface area contributed by atoms with E-state index in [-0.39, 0.29) is 5.56 Å².